The van der Waals surface area contributed by atoms with Crippen LogP contribution < -0.4 is 5.32 Å². The second-order valence-electron chi connectivity index (χ2n) is 8.35. The van der Waals surface area contributed by atoms with E-state index in [9.17, 15) is 4.79 Å². The van der Waals surface area contributed by atoms with Gasteiger partial charge in [-0.05, 0) is 48.6 Å². The van der Waals surface area contributed by atoms with Gasteiger partial charge in [-0.25, -0.2) is 19.9 Å². The van der Waals surface area contributed by atoms with E-state index in [-0.39, 0.29) is 12.1 Å². The third-order valence-electron chi connectivity index (χ3n) is 6.09. The predicted octanol–water partition coefficient (Wildman–Crippen LogP) is 4.19. The minimum absolute atomic E-state index is 0.0769. The zero-order chi connectivity index (χ0) is 22.4. The number of hydrogen-bond donors (Lipinski definition) is 2. The fourth-order valence-corrected chi connectivity index (χ4v) is 5.64. The number of fused-ring (bicyclic) bond motifs is 5. The molecule has 9 heteroatoms. The summed E-state index contributed by atoms with van der Waals surface area (Å²) in [4.78, 5) is 33.8. The molecule has 0 fully saturated rings. The molecule has 8 nitrogen and oxygen atoms in total. The number of hydrogen-bond acceptors (Lipinski definition) is 8. The van der Waals surface area contributed by atoms with E-state index in [1.165, 1.54) is 12.5 Å². The van der Waals surface area contributed by atoms with Crippen molar-refractivity contribution in [1.82, 2.24) is 24.9 Å². The minimum Gasteiger partial charge on any atom is -0.462 e. The monoisotopic (exact) mass is 458 g/mol. The van der Waals surface area contributed by atoms with E-state index < -0.39 is 0 Å². The van der Waals surface area contributed by atoms with Crippen molar-refractivity contribution in [2.75, 3.05) is 11.9 Å². The van der Waals surface area contributed by atoms with E-state index in [0.717, 1.165) is 74.3 Å². The number of aromatic nitrogens is 5. The fraction of sp³-hybridized carbons (Fsp3) is 0.292. The third kappa shape index (κ3) is 3.78. The number of carbonyl (C=O) groups excluding carboxylic acids is 1. The van der Waals surface area contributed by atoms with Crippen LogP contribution in [-0.2, 0) is 28.8 Å². The minimum atomic E-state index is -0.230. The highest BCUT2D eigenvalue weighted by atomic mass is 32.1. The zero-order valence-corrected chi connectivity index (χ0v) is 18.9. The Labute approximate surface area is 193 Å². The van der Waals surface area contributed by atoms with Crippen LogP contribution in [0.3, 0.4) is 0 Å². The number of esters is 1. The molecule has 1 aliphatic carbocycles. The maximum atomic E-state index is 11.4. The summed E-state index contributed by atoms with van der Waals surface area (Å²) in [5.41, 5.74) is 6.40. The smallest absolute Gasteiger partial charge is 0.302 e. The molecule has 166 valence electrons. The Morgan fingerprint density at radius 3 is 3.12 bits per heavy atom. The van der Waals surface area contributed by atoms with Gasteiger partial charge in [-0.1, -0.05) is 6.07 Å². The highest BCUT2D eigenvalue weighted by Crippen LogP contribution is 2.37. The topological polar surface area (TPSA) is 106 Å². The van der Waals surface area contributed by atoms with Gasteiger partial charge in [-0.2, -0.15) is 0 Å². The standard InChI is InChI=1S/C24H22N6O2S/c1-13(31)32-16-3-5-18-15(9-16)10-17-21-22(33-24(17)30-18)23(29-12-28-21)25-7-6-14-2-4-19-20(8-14)27-11-26-19/h2,4,8,10-12,16H,3,5-7,9H2,1H3,(H,26,27)(H,25,28,29). The van der Waals surface area contributed by atoms with E-state index in [0.29, 0.717) is 6.42 Å². The van der Waals surface area contributed by atoms with Gasteiger partial charge in [0.25, 0.3) is 0 Å². The highest BCUT2D eigenvalue weighted by molar-refractivity contribution is 7.25. The largest absolute Gasteiger partial charge is 0.462 e. The van der Waals surface area contributed by atoms with Crippen LogP contribution in [0.4, 0.5) is 5.82 Å². The van der Waals surface area contributed by atoms with E-state index in [1.807, 2.05) is 6.07 Å². The van der Waals surface area contributed by atoms with Crippen molar-refractivity contribution in [3.63, 3.8) is 0 Å². The normalized spacial score (nSPS) is 15.7. The lowest BCUT2D eigenvalue weighted by Crippen LogP contribution is -2.25. The number of aromatic amines is 1. The van der Waals surface area contributed by atoms with Gasteiger partial charge in [-0.3, -0.25) is 4.79 Å². The van der Waals surface area contributed by atoms with E-state index >= 15 is 0 Å². The first-order valence-corrected chi connectivity index (χ1v) is 11.8. The quantitative estimate of drug-likeness (QED) is 0.380. The number of H-pyrrole nitrogens is 1. The summed E-state index contributed by atoms with van der Waals surface area (Å²) in [5, 5.41) is 4.52. The number of rotatable bonds is 5. The average molecular weight is 459 g/mol. The second kappa shape index (κ2) is 8.08. The first-order chi connectivity index (χ1) is 16.1. The Bertz CT molecular complexity index is 1510. The molecule has 0 bridgehead atoms. The lowest BCUT2D eigenvalue weighted by Gasteiger charge is -2.23. The first-order valence-electron chi connectivity index (χ1n) is 11.0. The molecular formula is C24H22N6O2S. The lowest BCUT2D eigenvalue weighted by molar-refractivity contribution is -0.146. The number of ether oxygens (including phenoxy) is 1. The van der Waals surface area contributed by atoms with Crippen LogP contribution in [0.5, 0.6) is 0 Å². The van der Waals surface area contributed by atoms with E-state index in [1.54, 1.807) is 24.0 Å². The number of pyridine rings is 1. The SMILES string of the molecule is CC(=O)OC1CCc2nc3sc4c(NCCc5ccc6nc[nH]c6c5)ncnc4c3cc2C1. The maximum absolute atomic E-state index is 11.4. The summed E-state index contributed by atoms with van der Waals surface area (Å²) in [7, 11) is 0. The molecule has 0 saturated heterocycles. The molecule has 1 aliphatic rings. The zero-order valence-electron chi connectivity index (χ0n) is 18.1. The van der Waals surface area contributed by atoms with Crippen LogP contribution in [-0.4, -0.2) is 43.5 Å². The second-order valence-corrected chi connectivity index (χ2v) is 9.35. The van der Waals surface area contributed by atoms with Gasteiger partial charge in [-0.15, -0.1) is 11.3 Å². The van der Waals surface area contributed by atoms with Crippen molar-refractivity contribution in [2.24, 2.45) is 0 Å². The van der Waals surface area contributed by atoms with Crippen molar-refractivity contribution >= 4 is 54.6 Å². The molecule has 2 N–H and O–H groups in total. The fourth-order valence-electron chi connectivity index (χ4n) is 4.54. The molecule has 1 unspecified atom stereocenters. The molecular weight excluding hydrogens is 436 g/mol. The average Bonchev–Trinajstić information content (AvgIpc) is 3.41. The number of nitrogens with one attached hydrogen (secondary N) is 2. The highest BCUT2D eigenvalue weighted by Gasteiger charge is 2.24. The predicted molar refractivity (Wildman–Crippen MR) is 129 cm³/mol. The molecule has 33 heavy (non-hydrogen) atoms. The summed E-state index contributed by atoms with van der Waals surface area (Å²) in [5.74, 6) is 0.604. The maximum Gasteiger partial charge on any atom is 0.302 e. The van der Waals surface area contributed by atoms with Crippen molar-refractivity contribution in [3.8, 4) is 0 Å². The number of aryl methyl sites for hydroxylation is 1. The van der Waals surface area contributed by atoms with Crippen molar-refractivity contribution < 1.29 is 9.53 Å². The molecule has 0 aliphatic heterocycles. The third-order valence-corrected chi connectivity index (χ3v) is 7.18. The number of imidazole rings is 1. The molecule has 0 spiro atoms. The molecule has 0 amide bonds. The molecule has 6 rings (SSSR count). The van der Waals surface area contributed by atoms with E-state index in [2.05, 4.69) is 43.5 Å². The number of thiophene rings is 1. The summed E-state index contributed by atoms with van der Waals surface area (Å²) >= 11 is 1.62. The summed E-state index contributed by atoms with van der Waals surface area (Å²) < 4.78 is 6.46. The van der Waals surface area contributed by atoms with Crippen LogP contribution in [0, 0.1) is 0 Å². The van der Waals surface area contributed by atoms with Gasteiger partial charge >= 0.3 is 5.97 Å². The molecule has 0 radical (unpaired) electrons. The summed E-state index contributed by atoms with van der Waals surface area (Å²) in [6.07, 6.45) is 6.44. The Hall–Kier alpha value is -3.59. The number of nitrogens with zero attached hydrogens (tertiary/aromatic N) is 4. The molecule has 4 aromatic heterocycles. The van der Waals surface area contributed by atoms with Crippen LogP contribution >= 0.6 is 11.3 Å². The van der Waals surface area contributed by atoms with Crippen molar-refractivity contribution in [2.45, 2.75) is 38.7 Å². The number of benzene rings is 1. The Kier molecular flexibility index (Phi) is 4.91. The van der Waals surface area contributed by atoms with E-state index in [4.69, 9.17) is 9.72 Å². The van der Waals surface area contributed by atoms with Gasteiger partial charge in [0, 0.05) is 31.0 Å². The van der Waals surface area contributed by atoms with Crippen molar-refractivity contribution in [3.05, 3.63) is 53.7 Å². The number of carbonyl (C=O) groups is 1. The molecule has 4 heterocycles. The molecule has 1 atom stereocenters. The van der Waals surface area contributed by atoms with Crippen molar-refractivity contribution in [1.29, 1.82) is 0 Å². The Balaban J connectivity index is 1.26. The summed E-state index contributed by atoms with van der Waals surface area (Å²) in [6, 6.07) is 8.45. The van der Waals surface area contributed by atoms with Gasteiger partial charge in [0.2, 0.25) is 0 Å². The lowest BCUT2D eigenvalue weighted by atomic mass is 9.93. The Morgan fingerprint density at radius 2 is 2.21 bits per heavy atom. The van der Waals surface area contributed by atoms with Gasteiger partial charge in [0.1, 0.15) is 23.1 Å². The van der Waals surface area contributed by atoms with Crippen LogP contribution in [0.2, 0.25) is 0 Å². The van der Waals surface area contributed by atoms with Crippen LogP contribution in [0.25, 0.3) is 31.5 Å². The molecule has 5 aromatic rings. The Morgan fingerprint density at radius 1 is 1.27 bits per heavy atom. The van der Waals surface area contributed by atoms with Gasteiger partial charge < -0.3 is 15.0 Å². The first kappa shape index (κ1) is 20.0. The van der Waals surface area contributed by atoms with Crippen LogP contribution in [0.1, 0.15) is 30.2 Å². The summed E-state index contributed by atoms with van der Waals surface area (Å²) in [6.45, 7) is 2.22. The molecule has 1 aromatic carbocycles. The molecule has 0 saturated carbocycles. The van der Waals surface area contributed by atoms with Gasteiger partial charge in [0.05, 0.1) is 27.6 Å². The number of anilines is 1. The van der Waals surface area contributed by atoms with Crippen LogP contribution in [0.15, 0.2) is 36.9 Å². The van der Waals surface area contributed by atoms with Gasteiger partial charge in [0.15, 0.2) is 0 Å².